The average molecular weight is 809 g/mol. The van der Waals surface area contributed by atoms with E-state index in [2.05, 4.69) is 60.9 Å². The summed E-state index contributed by atoms with van der Waals surface area (Å²) in [5, 5.41) is 94.1. The van der Waals surface area contributed by atoms with Gasteiger partial charge in [0.15, 0.2) is 0 Å². The molecule has 0 radical (unpaired) electrons. The molecule has 0 aromatic carbocycles. The first-order valence-corrected chi connectivity index (χ1v) is 20.7. The van der Waals surface area contributed by atoms with E-state index in [1.807, 2.05) is 4.90 Å². The van der Waals surface area contributed by atoms with Crippen molar-refractivity contribution in [2.24, 2.45) is 56.0 Å². The van der Waals surface area contributed by atoms with Crippen molar-refractivity contribution in [3.63, 3.8) is 0 Å². The lowest BCUT2D eigenvalue weighted by molar-refractivity contribution is -0.150. The van der Waals surface area contributed by atoms with E-state index in [-0.39, 0.29) is 80.9 Å². The van der Waals surface area contributed by atoms with Crippen molar-refractivity contribution in [1.29, 1.82) is 0 Å². The van der Waals surface area contributed by atoms with Crippen molar-refractivity contribution in [2.45, 2.75) is 146 Å². The molecule has 1 saturated heterocycles. The summed E-state index contributed by atoms with van der Waals surface area (Å²) in [6.07, 6.45) is 5.09. The highest BCUT2D eigenvalue weighted by Crippen LogP contribution is 2.35. The molecule has 12 unspecified atom stereocenters. The normalized spacial score (nSPS) is 39.4. The maximum atomic E-state index is 11.7. The molecule has 5 rings (SSSR count). The molecular formula is C37H64N10O10. The zero-order chi connectivity index (χ0) is 41.2. The van der Waals surface area contributed by atoms with E-state index in [0.717, 1.165) is 38.5 Å². The van der Waals surface area contributed by atoms with Crippen LogP contribution in [0, 0.1) is 35.5 Å². The van der Waals surface area contributed by atoms with Gasteiger partial charge >= 0.3 is 23.9 Å². The van der Waals surface area contributed by atoms with Gasteiger partial charge in [-0.3, -0.25) is 50.7 Å². The Morgan fingerprint density at radius 2 is 0.912 bits per heavy atom. The van der Waals surface area contributed by atoms with E-state index in [9.17, 15) is 49.8 Å². The van der Waals surface area contributed by atoms with Gasteiger partial charge in [-0.15, -0.1) is 0 Å². The lowest BCUT2D eigenvalue weighted by atomic mass is 9.79. The van der Waals surface area contributed by atoms with Gasteiger partial charge in [-0.25, -0.2) is 0 Å². The molecule has 322 valence electrons. The van der Waals surface area contributed by atoms with Gasteiger partial charge in [-0.2, -0.15) is 20.5 Å². The number of azo groups is 2. The molecule has 57 heavy (non-hydrogen) atoms. The van der Waals surface area contributed by atoms with E-state index in [1.165, 1.54) is 0 Å². The Labute approximate surface area is 333 Å². The monoisotopic (exact) mass is 808 g/mol. The summed E-state index contributed by atoms with van der Waals surface area (Å²) in [5.74, 6) is -6.60. The van der Waals surface area contributed by atoms with Crippen molar-refractivity contribution in [2.75, 3.05) is 26.3 Å². The molecule has 20 nitrogen and oxygen atoms in total. The second-order valence-corrected chi connectivity index (χ2v) is 17.0. The van der Waals surface area contributed by atoms with Crippen LogP contribution < -0.4 is 26.6 Å². The van der Waals surface area contributed by atoms with E-state index in [0.29, 0.717) is 38.8 Å². The van der Waals surface area contributed by atoms with Crippen LogP contribution >= 0.6 is 0 Å². The van der Waals surface area contributed by atoms with Crippen LogP contribution in [0.3, 0.4) is 0 Å². The van der Waals surface area contributed by atoms with E-state index >= 15 is 0 Å². The van der Waals surface area contributed by atoms with Crippen molar-refractivity contribution in [3.8, 4) is 0 Å². The summed E-state index contributed by atoms with van der Waals surface area (Å²) < 4.78 is 0. The number of aliphatic hydroxyl groups excluding tert-OH is 2. The highest BCUT2D eigenvalue weighted by Gasteiger charge is 2.40. The molecule has 0 bridgehead atoms. The smallest absolute Gasteiger partial charge is 0.306 e. The third-order valence-corrected chi connectivity index (χ3v) is 12.7. The fourth-order valence-electron chi connectivity index (χ4n) is 9.47. The minimum atomic E-state index is -0.995. The largest absolute Gasteiger partial charge is 0.481 e. The highest BCUT2D eigenvalue weighted by atomic mass is 16.4. The minimum absolute atomic E-state index is 0.0557. The van der Waals surface area contributed by atoms with Crippen molar-refractivity contribution >= 4 is 23.9 Å². The van der Waals surface area contributed by atoms with Crippen molar-refractivity contribution in [3.05, 3.63) is 0 Å². The van der Waals surface area contributed by atoms with E-state index < -0.39 is 59.6 Å². The number of nitrogens with zero attached hydrogens (tertiary/aromatic N) is 5. The summed E-state index contributed by atoms with van der Waals surface area (Å²) >= 11 is 0. The average Bonchev–Trinajstić information content (AvgIpc) is 3.16. The summed E-state index contributed by atoms with van der Waals surface area (Å²) in [4.78, 5) is 48.6. The van der Waals surface area contributed by atoms with Gasteiger partial charge in [0, 0.05) is 25.2 Å². The first kappa shape index (κ1) is 44.9. The topological polar surface area (TPSA) is 302 Å². The standard InChI is InChI=1S/C37H64N10O10/c1-19-11-25(3-5-29(19)45-43-27-15-21(31(50)51)13-22(16-27)32(52)53)38-35-40-36(42-37(41-35)47(7-9-48)8-10-49)39-26-4-6-30(20(2)12-26)46-44-28-17-23(33(54)55)14-24(18-28)34(56)57/h19-30,35-42,48-49H,3-18H2,1-2H3,(H,50,51)(H,52,53)(H,54,55)(H,56,57). The third kappa shape index (κ3) is 12.9. The van der Waals surface area contributed by atoms with Crippen LogP contribution in [0.4, 0.5) is 0 Å². The molecule has 0 amide bonds. The number of carbonyl (C=O) groups is 4. The molecule has 0 aromatic heterocycles. The Balaban J connectivity index is 1.15. The van der Waals surface area contributed by atoms with Gasteiger partial charge in [-0.05, 0) is 88.9 Å². The third-order valence-electron chi connectivity index (χ3n) is 12.7. The molecule has 11 N–H and O–H groups in total. The van der Waals surface area contributed by atoms with Crippen molar-refractivity contribution in [1.82, 2.24) is 31.5 Å². The molecular weight excluding hydrogens is 744 g/mol. The van der Waals surface area contributed by atoms with Crippen LogP contribution in [0.25, 0.3) is 0 Å². The molecule has 0 aromatic rings. The Kier molecular flexibility index (Phi) is 16.6. The second kappa shape index (κ2) is 21.1. The van der Waals surface area contributed by atoms with Gasteiger partial charge < -0.3 is 30.6 Å². The molecule has 12 atom stereocenters. The number of carboxylic acid groups (broad SMARTS) is 4. The maximum Gasteiger partial charge on any atom is 0.306 e. The van der Waals surface area contributed by atoms with E-state index in [4.69, 9.17) is 0 Å². The van der Waals surface area contributed by atoms with Crippen molar-refractivity contribution < 1.29 is 49.8 Å². The summed E-state index contributed by atoms with van der Waals surface area (Å²) in [5.41, 5.74) is 0. The van der Waals surface area contributed by atoms with Crippen LogP contribution in [0.1, 0.15) is 90.9 Å². The number of aliphatic carboxylic acids is 4. The summed E-state index contributed by atoms with van der Waals surface area (Å²) in [7, 11) is 0. The first-order valence-electron chi connectivity index (χ1n) is 20.7. The number of aliphatic hydroxyl groups is 2. The minimum Gasteiger partial charge on any atom is -0.481 e. The van der Waals surface area contributed by atoms with Crippen LogP contribution in [0.15, 0.2) is 20.5 Å². The lowest BCUT2D eigenvalue weighted by Crippen LogP contribution is -2.79. The maximum absolute atomic E-state index is 11.7. The molecule has 1 heterocycles. The van der Waals surface area contributed by atoms with Crippen LogP contribution in [0.5, 0.6) is 0 Å². The molecule has 5 aliphatic rings. The fraction of sp³-hybridized carbons (Fsp3) is 0.892. The molecule has 1 aliphatic heterocycles. The van der Waals surface area contributed by atoms with Gasteiger partial charge in [0.25, 0.3) is 0 Å². The van der Waals surface area contributed by atoms with Gasteiger partial charge in [0.2, 0.25) is 0 Å². The van der Waals surface area contributed by atoms with Crippen LogP contribution in [-0.4, -0.2) is 141 Å². The summed E-state index contributed by atoms with van der Waals surface area (Å²) in [6.45, 7) is 4.75. The summed E-state index contributed by atoms with van der Waals surface area (Å²) in [6, 6.07) is -0.714. The first-order chi connectivity index (χ1) is 27.2. The molecule has 20 heteroatoms. The number of hydrogen-bond donors (Lipinski definition) is 11. The Morgan fingerprint density at radius 1 is 0.544 bits per heavy atom. The van der Waals surface area contributed by atoms with E-state index in [1.54, 1.807) is 0 Å². The number of nitrogens with one attached hydrogen (secondary N) is 5. The van der Waals surface area contributed by atoms with Gasteiger partial charge in [-0.1, -0.05) is 13.8 Å². The van der Waals surface area contributed by atoms with Gasteiger partial charge in [0.05, 0.1) is 61.1 Å². The predicted molar refractivity (Wildman–Crippen MR) is 203 cm³/mol. The number of carboxylic acids is 4. The van der Waals surface area contributed by atoms with Gasteiger partial charge in [0.1, 0.15) is 18.9 Å². The predicted octanol–water partition coefficient (Wildman–Crippen LogP) is 1.01. The number of rotatable bonds is 17. The Hall–Kier alpha value is -3.24. The molecule has 4 saturated carbocycles. The SMILES string of the molecule is CC1CC(NC2NC(NC3CCC(N=NC4CC(C(=O)O)CC(C(=O)O)C4)C(C)C3)NC(N(CCO)CCO)N2)CCC1N=NC1CC(C(=O)O)CC(C(=O)O)C1. The highest BCUT2D eigenvalue weighted by molar-refractivity contribution is 5.75. The number of hydrogen-bond acceptors (Lipinski definition) is 16. The lowest BCUT2D eigenvalue weighted by Gasteiger charge is -2.46. The molecule has 4 aliphatic carbocycles. The second-order valence-electron chi connectivity index (χ2n) is 17.0. The Bertz CT molecular complexity index is 1280. The quantitative estimate of drug-likeness (QED) is 0.0914. The van der Waals surface area contributed by atoms with Crippen LogP contribution in [-0.2, 0) is 19.2 Å². The zero-order valence-electron chi connectivity index (χ0n) is 33.0. The van der Waals surface area contributed by atoms with Crippen LogP contribution in [0.2, 0.25) is 0 Å². The zero-order valence-corrected chi connectivity index (χ0v) is 33.0. The molecule has 5 fully saturated rings. The fourth-order valence-corrected chi connectivity index (χ4v) is 9.47. The Morgan fingerprint density at radius 3 is 1.23 bits per heavy atom. The molecule has 0 spiro atoms.